The highest BCUT2D eigenvalue weighted by molar-refractivity contribution is 7.08. The molecule has 1 aromatic heterocycles. The molecule has 2 heterocycles. The van der Waals surface area contributed by atoms with Gasteiger partial charge in [-0.1, -0.05) is 6.42 Å². The van der Waals surface area contributed by atoms with Crippen molar-refractivity contribution in [1.29, 1.82) is 0 Å². The average molecular weight is 293 g/mol. The van der Waals surface area contributed by atoms with E-state index >= 15 is 0 Å². The van der Waals surface area contributed by atoms with Gasteiger partial charge in [0, 0.05) is 30.5 Å². The van der Waals surface area contributed by atoms with Gasteiger partial charge in [-0.05, 0) is 48.6 Å². The predicted octanol–water partition coefficient (Wildman–Crippen LogP) is 2.50. The van der Waals surface area contributed by atoms with Gasteiger partial charge in [0.05, 0.1) is 11.7 Å². The normalized spacial score (nSPS) is 37.0. The van der Waals surface area contributed by atoms with E-state index < -0.39 is 5.60 Å². The van der Waals surface area contributed by atoms with Gasteiger partial charge in [-0.15, -0.1) is 0 Å². The molecule has 110 valence electrons. The lowest BCUT2D eigenvalue weighted by Gasteiger charge is -2.63. The first-order valence-electron chi connectivity index (χ1n) is 7.74. The molecular formula is C16H23NO2S. The van der Waals surface area contributed by atoms with Crippen LogP contribution in [0.15, 0.2) is 16.8 Å². The molecule has 3 fully saturated rings. The van der Waals surface area contributed by atoms with Gasteiger partial charge in [0.15, 0.2) is 0 Å². The molecule has 1 aliphatic heterocycles. The zero-order valence-electron chi connectivity index (χ0n) is 12.0. The van der Waals surface area contributed by atoms with Crippen molar-refractivity contribution in [1.82, 2.24) is 5.32 Å². The molecule has 3 nitrogen and oxygen atoms in total. The highest BCUT2D eigenvalue weighted by Gasteiger charge is 2.66. The van der Waals surface area contributed by atoms with Crippen LogP contribution in [-0.2, 0) is 10.3 Å². The largest absolute Gasteiger partial charge is 0.384 e. The second kappa shape index (κ2) is 4.54. The number of aliphatic hydroxyl groups is 1. The van der Waals surface area contributed by atoms with Crippen LogP contribution in [0.25, 0.3) is 0 Å². The molecular weight excluding hydrogens is 270 g/mol. The van der Waals surface area contributed by atoms with Gasteiger partial charge >= 0.3 is 0 Å². The molecule has 1 saturated heterocycles. The van der Waals surface area contributed by atoms with E-state index in [1.807, 2.05) is 23.8 Å². The van der Waals surface area contributed by atoms with E-state index in [0.717, 1.165) is 12.2 Å². The zero-order chi connectivity index (χ0) is 13.8. The minimum atomic E-state index is -0.768. The predicted molar refractivity (Wildman–Crippen MR) is 79.8 cm³/mol. The third-order valence-corrected chi connectivity index (χ3v) is 6.53. The SMILES string of the molecule is CC(O)(CNC1C2CCOC2C12CCC2)c1ccsc1. The molecule has 1 aromatic rings. The van der Waals surface area contributed by atoms with E-state index in [9.17, 15) is 5.11 Å². The summed E-state index contributed by atoms with van der Waals surface area (Å²) in [6.45, 7) is 3.48. The zero-order valence-corrected chi connectivity index (χ0v) is 12.8. The number of thiophene rings is 1. The summed E-state index contributed by atoms with van der Waals surface area (Å²) in [5.41, 5.74) is 0.651. The van der Waals surface area contributed by atoms with Crippen molar-refractivity contribution in [2.75, 3.05) is 13.2 Å². The summed E-state index contributed by atoms with van der Waals surface area (Å²) >= 11 is 1.64. The molecule has 4 heteroatoms. The molecule has 2 saturated carbocycles. The Hall–Kier alpha value is -0.420. The number of rotatable bonds is 4. The van der Waals surface area contributed by atoms with Crippen molar-refractivity contribution in [3.8, 4) is 0 Å². The maximum atomic E-state index is 10.7. The Morgan fingerprint density at radius 3 is 3.05 bits per heavy atom. The molecule has 0 bridgehead atoms. The molecule has 4 unspecified atom stereocenters. The number of hydrogen-bond acceptors (Lipinski definition) is 4. The lowest BCUT2D eigenvalue weighted by atomic mass is 9.46. The monoisotopic (exact) mass is 293 g/mol. The Balaban J connectivity index is 1.44. The number of nitrogens with one attached hydrogen (secondary N) is 1. The Bertz CT molecular complexity index is 481. The van der Waals surface area contributed by atoms with Crippen molar-refractivity contribution >= 4 is 11.3 Å². The van der Waals surface area contributed by atoms with Crippen LogP contribution in [0.4, 0.5) is 0 Å². The smallest absolute Gasteiger partial charge is 0.1000 e. The van der Waals surface area contributed by atoms with Gasteiger partial charge < -0.3 is 15.2 Å². The first-order chi connectivity index (χ1) is 9.63. The number of ether oxygens (including phenoxy) is 1. The summed E-state index contributed by atoms with van der Waals surface area (Å²) in [5, 5.41) is 18.4. The van der Waals surface area contributed by atoms with E-state index in [4.69, 9.17) is 4.74 Å². The lowest BCUT2D eigenvalue weighted by Crippen LogP contribution is -2.71. The van der Waals surface area contributed by atoms with Crippen LogP contribution in [0.5, 0.6) is 0 Å². The van der Waals surface area contributed by atoms with Gasteiger partial charge in [-0.25, -0.2) is 0 Å². The summed E-state index contributed by atoms with van der Waals surface area (Å²) in [7, 11) is 0. The minimum absolute atomic E-state index is 0.395. The fraction of sp³-hybridized carbons (Fsp3) is 0.750. The van der Waals surface area contributed by atoms with Crippen LogP contribution in [0.2, 0.25) is 0 Å². The molecule has 4 atom stereocenters. The first-order valence-corrected chi connectivity index (χ1v) is 8.68. The molecule has 0 amide bonds. The lowest BCUT2D eigenvalue weighted by molar-refractivity contribution is -0.178. The van der Waals surface area contributed by atoms with Gasteiger partial charge in [-0.2, -0.15) is 11.3 Å². The number of hydrogen-bond donors (Lipinski definition) is 2. The quantitative estimate of drug-likeness (QED) is 0.896. The maximum absolute atomic E-state index is 10.7. The fourth-order valence-corrected chi connectivity index (χ4v) is 5.32. The molecule has 20 heavy (non-hydrogen) atoms. The van der Waals surface area contributed by atoms with Gasteiger partial charge in [0.25, 0.3) is 0 Å². The minimum Gasteiger partial charge on any atom is -0.384 e. The van der Waals surface area contributed by atoms with Crippen LogP contribution in [0.3, 0.4) is 0 Å². The molecule has 0 aromatic carbocycles. The van der Waals surface area contributed by atoms with E-state index in [1.54, 1.807) is 11.3 Å². The van der Waals surface area contributed by atoms with Crippen LogP contribution in [0.1, 0.15) is 38.2 Å². The summed E-state index contributed by atoms with van der Waals surface area (Å²) in [4.78, 5) is 0. The van der Waals surface area contributed by atoms with Crippen LogP contribution < -0.4 is 5.32 Å². The Labute approximate surface area is 124 Å². The molecule has 0 radical (unpaired) electrons. The summed E-state index contributed by atoms with van der Waals surface area (Å²) in [5.74, 6) is 0.675. The molecule has 2 aliphatic carbocycles. The van der Waals surface area contributed by atoms with Crippen LogP contribution in [-0.4, -0.2) is 30.4 Å². The summed E-state index contributed by atoms with van der Waals surface area (Å²) in [6, 6.07) is 2.57. The second-order valence-electron chi connectivity index (χ2n) is 6.98. The Kier molecular flexibility index (Phi) is 3.01. The van der Waals surface area contributed by atoms with Gasteiger partial charge in [-0.3, -0.25) is 0 Å². The highest BCUT2D eigenvalue weighted by atomic mass is 32.1. The Morgan fingerprint density at radius 2 is 2.40 bits per heavy atom. The summed E-state index contributed by atoms with van der Waals surface area (Å²) in [6.07, 6.45) is 5.62. The van der Waals surface area contributed by atoms with E-state index in [2.05, 4.69) is 5.32 Å². The third-order valence-electron chi connectivity index (χ3n) is 5.85. The van der Waals surface area contributed by atoms with E-state index in [-0.39, 0.29) is 0 Å². The van der Waals surface area contributed by atoms with E-state index in [1.165, 1.54) is 25.7 Å². The second-order valence-corrected chi connectivity index (χ2v) is 7.76. The molecule has 2 N–H and O–H groups in total. The third kappa shape index (κ3) is 1.75. The van der Waals surface area contributed by atoms with Crippen molar-refractivity contribution in [3.63, 3.8) is 0 Å². The summed E-state index contributed by atoms with van der Waals surface area (Å²) < 4.78 is 5.94. The van der Waals surface area contributed by atoms with Crippen molar-refractivity contribution in [2.24, 2.45) is 11.3 Å². The Morgan fingerprint density at radius 1 is 1.55 bits per heavy atom. The molecule has 3 aliphatic rings. The topological polar surface area (TPSA) is 41.5 Å². The van der Waals surface area contributed by atoms with Crippen molar-refractivity contribution < 1.29 is 9.84 Å². The van der Waals surface area contributed by atoms with Crippen molar-refractivity contribution in [2.45, 2.75) is 50.4 Å². The van der Waals surface area contributed by atoms with E-state index in [0.29, 0.717) is 30.0 Å². The van der Waals surface area contributed by atoms with Gasteiger partial charge in [0.2, 0.25) is 0 Å². The van der Waals surface area contributed by atoms with Crippen LogP contribution >= 0.6 is 11.3 Å². The average Bonchev–Trinajstić information content (AvgIpc) is 2.97. The number of fused-ring (bicyclic) bond motifs is 2. The highest BCUT2D eigenvalue weighted by Crippen LogP contribution is 2.62. The van der Waals surface area contributed by atoms with Gasteiger partial charge in [0.1, 0.15) is 0 Å². The fourth-order valence-electron chi connectivity index (χ4n) is 4.54. The van der Waals surface area contributed by atoms with Crippen molar-refractivity contribution in [3.05, 3.63) is 22.4 Å². The molecule has 1 spiro atoms. The molecule has 4 rings (SSSR count). The standard InChI is InChI=1S/C16H23NO2S/c1-15(18,11-4-8-20-9-11)10-17-13-12-3-7-19-14(12)16(13)5-2-6-16/h4,8-9,12-14,17-18H,2-3,5-7,10H2,1H3. The first kappa shape index (κ1) is 13.3. The maximum Gasteiger partial charge on any atom is 0.1000 e. The van der Waals surface area contributed by atoms with Crippen LogP contribution in [0, 0.1) is 11.3 Å².